The van der Waals surface area contributed by atoms with Gasteiger partial charge in [-0.3, -0.25) is 0 Å². The second kappa shape index (κ2) is 6.77. The molecule has 2 heteroatoms. The molecule has 2 nitrogen and oxygen atoms in total. The minimum Gasteiger partial charge on any atom is -0.366 e. The van der Waals surface area contributed by atoms with E-state index in [9.17, 15) is 0 Å². The fourth-order valence-electron chi connectivity index (χ4n) is 2.84. The molecule has 0 aliphatic heterocycles. The monoisotopic (exact) mass is 282 g/mol. The highest BCUT2D eigenvalue weighted by atomic mass is 15.1. The summed E-state index contributed by atoms with van der Waals surface area (Å²) in [5.74, 6) is 0. The van der Waals surface area contributed by atoms with E-state index in [2.05, 4.69) is 75.2 Å². The van der Waals surface area contributed by atoms with Crippen LogP contribution in [-0.4, -0.2) is 13.6 Å². The third-order valence-electron chi connectivity index (χ3n) is 4.23. The predicted molar refractivity (Wildman–Crippen MR) is 91.9 cm³/mol. The lowest BCUT2D eigenvalue weighted by Crippen LogP contribution is -2.31. The van der Waals surface area contributed by atoms with Crippen LogP contribution < -0.4 is 10.6 Å². The van der Waals surface area contributed by atoms with E-state index in [0.29, 0.717) is 6.54 Å². The molecule has 21 heavy (non-hydrogen) atoms. The van der Waals surface area contributed by atoms with Gasteiger partial charge in [-0.2, -0.15) is 0 Å². The standard InChI is InChI=1S/C19H26N2/c1-5-16-7-9-17(10-8-16)21(4)19(13-20)18-11-6-14(2)12-15(18)3/h6-12,19H,5,13,20H2,1-4H3. The molecule has 0 aromatic heterocycles. The summed E-state index contributed by atoms with van der Waals surface area (Å²) >= 11 is 0. The van der Waals surface area contributed by atoms with Crippen molar-refractivity contribution in [2.75, 3.05) is 18.5 Å². The van der Waals surface area contributed by atoms with E-state index in [0.717, 1.165) is 6.42 Å². The zero-order valence-electron chi connectivity index (χ0n) is 13.6. The summed E-state index contributed by atoms with van der Waals surface area (Å²) in [7, 11) is 2.12. The molecule has 2 aromatic rings. The van der Waals surface area contributed by atoms with E-state index in [1.54, 1.807) is 0 Å². The van der Waals surface area contributed by atoms with E-state index in [4.69, 9.17) is 5.73 Å². The first kappa shape index (κ1) is 15.6. The number of nitrogens with zero attached hydrogens (tertiary/aromatic N) is 1. The minimum atomic E-state index is 0.207. The molecule has 0 aliphatic carbocycles. The molecule has 0 radical (unpaired) electrons. The maximum absolute atomic E-state index is 6.06. The van der Waals surface area contributed by atoms with Gasteiger partial charge in [0.25, 0.3) is 0 Å². The molecule has 0 bridgehead atoms. The van der Waals surface area contributed by atoms with Gasteiger partial charge < -0.3 is 10.6 Å². The van der Waals surface area contributed by atoms with Crippen LogP contribution in [-0.2, 0) is 6.42 Å². The molecular formula is C19H26N2. The second-order valence-electron chi connectivity index (χ2n) is 5.74. The molecule has 112 valence electrons. The minimum absolute atomic E-state index is 0.207. The van der Waals surface area contributed by atoms with Gasteiger partial charge in [-0.15, -0.1) is 0 Å². The van der Waals surface area contributed by atoms with Gasteiger partial charge in [0.1, 0.15) is 0 Å². The summed E-state index contributed by atoms with van der Waals surface area (Å²) in [5.41, 5.74) is 12.6. The molecule has 1 unspecified atom stereocenters. The number of aryl methyl sites for hydroxylation is 3. The molecule has 0 aliphatic rings. The van der Waals surface area contributed by atoms with Crippen LogP contribution in [0.2, 0.25) is 0 Å². The predicted octanol–water partition coefficient (Wildman–Crippen LogP) is 4.00. The molecule has 0 saturated heterocycles. The first-order valence-electron chi connectivity index (χ1n) is 7.65. The SMILES string of the molecule is CCc1ccc(N(C)C(CN)c2ccc(C)cc2C)cc1. The van der Waals surface area contributed by atoms with Gasteiger partial charge in [0.05, 0.1) is 6.04 Å². The van der Waals surface area contributed by atoms with Crippen molar-refractivity contribution >= 4 is 5.69 Å². The van der Waals surface area contributed by atoms with Crippen molar-refractivity contribution in [3.63, 3.8) is 0 Å². The van der Waals surface area contributed by atoms with Crippen molar-refractivity contribution in [2.45, 2.75) is 33.2 Å². The number of rotatable bonds is 5. The summed E-state index contributed by atoms with van der Waals surface area (Å²) in [6.07, 6.45) is 1.07. The molecule has 0 fully saturated rings. The summed E-state index contributed by atoms with van der Waals surface area (Å²) in [6.45, 7) is 7.08. The Kier molecular flexibility index (Phi) is 5.03. The average molecular weight is 282 g/mol. The smallest absolute Gasteiger partial charge is 0.0664 e. The van der Waals surface area contributed by atoms with Crippen LogP contribution in [0.15, 0.2) is 42.5 Å². The number of likely N-dealkylation sites (N-methyl/N-ethyl adjacent to an activating group) is 1. The van der Waals surface area contributed by atoms with Gasteiger partial charge in [-0.05, 0) is 49.1 Å². The molecule has 2 rings (SSSR count). The average Bonchev–Trinajstić information content (AvgIpc) is 2.50. The number of hydrogen-bond donors (Lipinski definition) is 1. The highest BCUT2D eigenvalue weighted by molar-refractivity contribution is 5.50. The fourth-order valence-corrected chi connectivity index (χ4v) is 2.84. The van der Waals surface area contributed by atoms with Crippen LogP contribution in [0.25, 0.3) is 0 Å². The summed E-state index contributed by atoms with van der Waals surface area (Å²) in [4.78, 5) is 2.27. The topological polar surface area (TPSA) is 29.3 Å². The maximum atomic E-state index is 6.06. The Hall–Kier alpha value is -1.80. The van der Waals surface area contributed by atoms with Crippen LogP contribution in [0.4, 0.5) is 5.69 Å². The molecule has 1 atom stereocenters. The Morgan fingerprint density at radius 2 is 1.71 bits per heavy atom. The Morgan fingerprint density at radius 1 is 1.05 bits per heavy atom. The lowest BCUT2D eigenvalue weighted by atomic mass is 9.98. The van der Waals surface area contributed by atoms with Gasteiger partial charge in [-0.25, -0.2) is 0 Å². The highest BCUT2D eigenvalue weighted by Gasteiger charge is 2.17. The van der Waals surface area contributed by atoms with E-state index >= 15 is 0 Å². The molecule has 0 heterocycles. The molecule has 0 spiro atoms. The van der Waals surface area contributed by atoms with Crippen molar-refractivity contribution < 1.29 is 0 Å². The number of anilines is 1. The van der Waals surface area contributed by atoms with Crippen LogP contribution in [0.3, 0.4) is 0 Å². The summed E-state index contributed by atoms with van der Waals surface area (Å²) in [6, 6.07) is 15.6. The Balaban J connectivity index is 2.30. The van der Waals surface area contributed by atoms with E-state index in [-0.39, 0.29) is 6.04 Å². The third kappa shape index (κ3) is 3.45. The van der Waals surface area contributed by atoms with Crippen molar-refractivity contribution in [1.29, 1.82) is 0 Å². The van der Waals surface area contributed by atoms with Gasteiger partial charge in [0.15, 0.2) is 0 Å². The van der Waals surface area contributed by atoms with Gasteiger partial charge in [0, 0.05) is 19.3 Å². The zero-order valence-corrected chi connectivity index (χ0v) is 13.6. The normalized spacial score (nSPS) is 12.2. The van der Waals surface area contributed by atoms with E-state index < -0.39 is 0 Å². The van der Waals surface area contributed by atoms with Crippen LogP contribution in [0.5, 0.6) is 0 Å². The van der Waals surface area contributed by atoms with Crippen molar-refractivity contribution in [2.24, 2.45) is 5.73 Å². The Labute approximate surface area is 128 Å². The van der Waals surface area contributed by atoms with Crippen LogP contribution in [0.1, 0.15) is 35.2 Å². The van der Waals surface area contributed by atoms with Crippen LogP contribution >= 0.6 is 0 Å². The van der Waals surface area contributed by atoms with Gasteiger partial charge >= 0.3 is 0 Å². The fraction of sp³-hybridized carbons (Fsp3) is 0.368. The Bertz CT molecular complexity index is 587. The lowest BCUT2D eigenvalue weighted by Gasteiger charge is -2.31. The van der Waals surface area contributed by atoms with E-state index in [1.165, 1.54) is 27.9 Å². The van der Waals surface area contributed by atoms with Crippen molar-refractivity contribution in [3.05, 3.63) is 64.7 Å². The number of benzene rings is 2. The van der Waals surface area contributed by atoms with Crippen molar-refractivity contribution in [3.8, 4) is 0 Å². The summed E-state index contributed by atoms with van der Waals surface area (Å²) in [5, 5.41) is 0. The number of hydrogen-bond acceptors (Lipinski definition) is 2. The zero-order chi connectivity index (χ0) is 15.4. The van der Waals surface area contributed by atoms with Crippen molar-refractivity contribution in [1.82, 2.24) is 0 Å². The Morgan fingerprint density at radius 3 is 2.24 bits per heavy atom. The molecular weight excluding hydrogens is 256 g/mol. The van der Waals surface area contributed by atoms with Crippen LogP contribution in [0, 0.1) is 13.8 Å². The quantitative estimate of drug-likeness (QED) is 0.898. The lowest BCUT2D eigenvalue weighted by molar-refractivity contribution is 0.676. The second-order valence-corrected chi connectivity index (χ2v) is 5.74. The first-order valence-corrected chi connectivity index (χ1v) is 7.65. The third-order valence-corrected chi connectivity index (χ3v) is 4.23. The molecule has 0 amide bonds. The maximum Gasteiger partial charge on any atom is 0.0664 e. The largest absolute Gasteiger partial charge is 0.366 e. The first-order chi connectivity index (χ1) is 10.1. The highest BCUT2D eigenvalue weighted by Crippen LogP contribution is 2.27. The molecule has 2 aromatic carbocycles. The summed E-state index contributed by atoms with van der Waals surface area (Å²) < 4.78 is 0. The van der Waals surface area contributed by atoms with E-state index in [1.807, 2.05) is 0 Å². The molecule has 0 saturated carbocycles. The van der Waals surface area contributed by atoms with Gasteiger partial charge in [-0.1, -0.05) is 42.8 Å². The number of nitrogens with two attached hydrogens (primary N) is 1. The van der Waals surface area contributed by atoms with Gasteiger partial charge in [0.2, 0.25) is 0 Å². The molecule has 2 N–H and O–H groups in total.